The highest BCUT2D eigenvalue weighted by molar-refractivity contribution is 9.10. The Balaban J connectivity index is 2.00. The minimum atomic E-state index is 0.135. The average Bonchev–Trinajstić information content (AvgIpc) is 3.03. The first-order chi connectivity index (χ1) is 10.6. The Kier molecular flexibility index (Phi) is 3.99. The summed E-state index contributed by atoms with van der Waals surface area (Å²) in [6, 6.07) is 6.61. The molecule has 0 spiro atoms. The van der Waals surface area contributed by atoms with Gasteiger partial charge in [-0.15, -0.1) is 0 Å². The number of hydrogen-bond donors (Lipinski definition) is 0. The third-order valence-electron chi connectivity index (χ3n) is 5.51. The van der Waals surface area contributed by atoms with Gasteiger partial charge in [0.25, 0.3) is 0 Å². The van der Waals surface area contributed by atoms with Crippen molar-refractivity contribution in [2.45, 2.75) is 53.9 Å². The first kappa shape index (κ1) is 16.8. The van der Waals surface area contributed by atoms with Gasteiger partial charge in [-0.2, -0.15) is 0 Å². The van der Waals surface area contributed by atoms with E-state index < -0.39 is 0 Å². The third-order valence-corrected chi connectivity index (χ3v) is 6.20. The van der Waals surface area contributed by atoms with Crippen LogP contribution in [0.15, 0.2) is 51.5 Å². The Hall–Kier alpha value is -1.08. The molecule has 2 aliphatic rings. The van der Waals surface area contributed by atoms with E-state index in [-0.39, 0.29) is 10.8 Å². The fraction of sp³-hybridized carbons (Fsp3) is 0.455. The summed E-state index contributed by atoms with van der Waals surface area (Å²) < 4.78 is 1.21. The van der Waals surface area contributed by atoms with Gasteiger partial charge in [0.2, 0.25) is 0 Å². The zero-order chi connectivity index (χ0) is 17.0. The van der Waals surface area contributed by atoms with Crippen LogP contribution >= 0.6 is 15.9 Å². The molecule has 1 aromatic carbocycles. The Labute approximate surface area is 149 Å². The van der Waals surface area contributed by atoms with Gasteiger partial charge in [-0.05, 0) is 46.9 Å². The average molecular weight is 371 g/mol. The van der Waals surface area contributed by atoms with Crippen molar-refractivity contribution >= 4 is 22.0 Å². The van der Waals surface area contributed by atoms with Crippen LogP contribution in [0.4, 0.5) is 0 Å². The highest BCUT2D eigenvalue weighted by Crippen LogP contribution is 2.54. The molecule has 0 aliphatic heterocycles. The molecule has 0 aromatic heterocycles. The van der Waals surface area contributed by atoms with Crippen molar-refractivity contribution in [2.24, 2.45) is 10.8 Å². The van der Waals surface area contributed by atoms with E-state index in [1.165, 1.54) is 26.7 Å². The zero-order valence-electron chi connectivity index (χ0n) is 15.1. The number of halogens is 1. The Morgan fingerprint density at radius 2 is 1.74 bits per heavy atom. The molecule has 0 heterocycles. The molecule has 1 aromatic rings. The van der Waals surface area contributed by atoms with Crippen molar-refractivity contribution in [3.8, 4) is 0 Å². The van der Waals surface area contributed by atoms with Crippen molar-refractivity contribution in [3.05, 3.63) is 62.7 Å². The zero-order valence-corrected chi connectivity index (χ0v) is 16.7. The van der Waals surface area contributed by atoms with Crippen LogP contribution < -0.4 is 0 Å². The van der Waals surface area contributed by atoms with Gasteiger partial charge in [0.15, 0.2) is 0 Å². The molecule has 0 nitrogen and oxygen atoms in total. The molecule has 0 saturated heterocycles. The van der Waals surface area contributed by atoms with Crippen molar-refractivity contribution in [1.29, 1.82) is 0 Å². The summed E-state index contributed by atoms with van der Waals surface area (Å²) in [4.78, 5) is 0. The monoisotopic (exact) mass is 370 g/mol. The topological polar surface area (TPSA) is 0 Å². The largest absolute Gasteiger partial charge is 0.0767 e. The second-order valence-electron chi connectivity index (χ2n) is 8.57. The molecule has 0 fully saturated rings. The number of benzene rings is 1. The molecule has 1 heteroatoms. The molecule has 0 saturated carbocycles. The second-order valence-corrected chi connectivity index (χ2v) is 9.42. The molecule has 0 amide bonds. The van der Waals surface area contributed by atoms with Crippen LogP contribution in [0.5, 0.6) is 0 Å². The number of allylic oxidation sites excluding steroid dienone is 5. The van der Waals surface area contributed by atoms with Gasteiger partial charge in [-0.25, -0.2) is 0 Å². The Morgan fingerprint density at radius 3 is 2.35 bits per heavy atom. The van der Waals surface area contributed by atoms with Crippen molar-refractivity contribution in [3.63, 3.8) is 0 Å². The molecule has 23 heavy (non-hydrogen) atoms. The van der Waals surface area contributed by atoms with Crippen molar-refractivity contribution in [2.75, 3.05) is 0 Å². The van der Waals surface area contributed by atoms with Gasteiger partial charge in [0, 0.05) is 10.4 Å². The van der Waals surface area contributed by atoms with Gasteiger partial charge in [-0.1, -0.05) is 92.1 Å². The van der Waals surface area contributed by atoms with Crippen LogP contribution in [0.3, 0.4) is 0 Å². The predicted molar refractivity (Wildman–Crippen MR) is 105 cm³/mol. The lowest BCUT2D eigenvalue weighted by atomic mass is 9.68. The van der Waals surface area contributed by atoms with E-state index in [1.54, 1.807) is 5.57 Å². The first-order valence-corrected chi connectivity index (χ1v) is 9.30. The minimum Gasteiger partial charge on any atom is -0.0767 e. The number of hydrogen-bond acceptors (Lipinski definition) is 0. The summed E-state index contributed by atoms with van der Waals surface area (Å²) in [7, 11) is 0. The van der Waals surface area contributed by atoms with Crippen LogP contribution in [0.25, 0.3) is 6.08 Å². The quantitative estimate of drug-likeness (QED) is 0.512. The van der Waals surface area contributed by atoms with Crippen LogP contribution in [0.2, 0.25) is 0 Å². The molecule has 2 aliphatic carbocycles. The maximum Gasteiger partial charge on any atom is 0.0250 e. The predicted octanol–water partition coefficient (Wildman–Crippen LogP) is 7.28. The number of fused-ring (bicyclic) bond motifs is 1. The summed E-state index contributed by atoms with van der Waals surface area (Å²) in [5, 5.41) is 0. The summed E-state index contributed by atoms with van der Waals surface area (Å²) in [5.41, 5.74) is 7.72. The minimum absolute atomic E-state index is 0.135. The van der Waals surface area contributed by atoms with E-state index in [9.17, 15) is 0 Å². The molecule has 0 radical (unpaired) electrons. The van der Waals surface area contributed by atoms with Gasteiger partial charge in [-0.3, -0.25) is 0 Å². The van der Waals surface area contributed by atoms with Gasteiger partial charge in [0.05, 0.1) is 0 Å². The molecular weight excluding hydrogens is 344 g/mol. The van der Waals surface area contributed by atoms with Crippen molar-refractivity contribution in [1.82, 2.24) is 0 Å². The smallest absolute Gasteiger partial charge is 0.0250 e. The standard InChI is InChI=1S/C22H27Br/c1-14-12-18-17(8-7-9-19(18)23)20(14)22(5,6)16-11-10-15(13-16)21(2,3)4/h7-10,12-13,20H,11H2,1-6H3. The SMILES string of the molecule is CC1=Cc2c(Br)cccc2C1C(C)(C)C1=CC(C(C)(C)C)=CC1. The summed E-state index contributed by atoms with van der Waals surface area (Å²) in [6.07, 6.45) is 8.34. The number of rotatable bonds is 2. The Morgan fingerprint density at radius 1 is 1.04 bits per heavy atom. The molecule has 0 N–H and O–H groups in total. The van der Waals surface area contributed by atoms with Gasteiger partial charge < -0.3 is 0 Å². The highest BCUT2D eigenvalue weighted by Gasteiger charge is 2.40. The maximum absolute atomic E-state index is 3.72. The molecule has 122 valence electrons. The van der Waals surface area contributed by atoms with Crippen LogP contribution in [-0.2, 0) is 0 Å². The lowest BCUT2D eigenvalue weighted by molar-refractivity contribution is 0.382. The van der Waals surface area contributed by atoms with Crippen LogP contribution in [0, 0.1) is 10.8 Å². The molecular formula is C22H27Br. The fourth-order valence-corrected chi connectivity index (χ4v) is 4.65. The molecule has 0 bridgehead atoms. The molecule has 3 rings (SSSR count). The van der Waals surface area contributed by atoms with Crippen LogP contribution in [-0.4, -0.2) is 0 Å². The van der Waals surface area contributed by atoms with Gasteiger partial charge in [0.1, 0.15) is 0 Å². The van der Waals surface area contributed by atoms with Crippen molar-refractivity contribution < 1.29 is 0 Å². The van der Waals surface area contributed by atoms with E-state index in [4.69, 9.17) is 0 Å². The van der Waals surface area contributed by atoms with E-state index in [0.29, 0.717) is 5.92 Å². The third kappa shape index (κ3) is 2.78. The first-order valence-electron chi connectivity index (χ1n) is 8.50. The van der Waals surface area contributed by atoms with Gasteiger partial charge >= 0.3 is 0 Å². The summed E-state index contributed by atoms with van der Waals surface area (Å²) >= 11 is 3.72. The van der Waals surface area contributed by atoms with Crippen LogP contribution in [0.1, 0.15) is 65.0 Å². The normalized spacial score (nSPS) is 21.0. The lowest BCUT2D eigenvalue weighted by Crippen LogP contribution is -2.24. The lowest BCUT2D eigenvalue weighted by Gasteiger charge is -2.36. The second kappa shape index (κ2) is 5.48. The summed E-state index contributed by atoms with van der Waals surface area (Å²) in [5.74, 6) is 0.467. The molecule has 1 atom stereocenters. The van der Waals surface area contributed by atoms with E-state index in [0.717, 1.165) is 6.42 Å². The summed E-state index contributed by atoms with van der Waals surface area (Å²) in [6.45, 7) is 14.0. The fourth-order valence-electron chi connectivity index (χ4n) is 4.15. The van der Waals surface area contributed by atoms with E-state index >= 15 is 0 Å². The maximum atomic E-state index is 3.72. The Bertz CT molecular complexity index is 736. The van der Waals surface area contributed by atoms with E-state index in [2.05, 4.69) is 93.9 Å². The van der Waals surface area contributed by atoms with E-state index in [1.807, 2.05) is 0 Å². The highest BCUT2D eigenvalue weighted by atomic mass is 79.9. The molecule has 1 unspecified atom stereocenters.